The van der Waals surface area contributed by atoms with Crippen LogP contribution in [0.5, 0.6) is 0 Å². The molecule has 1 fully saturated rings. The lowest BCUT2D eigenvalue weighted by atomic mass is 9.90. The van der Waals surface area contributed by atoms with Crippen molar-refractivity contribution in [1.82, 2.24) is 10.3 Å². The van der Waals surface area contributed by atoms with E-state index in [1.165, 1.54) is 18.3 Å². The van der Waals surface area contributed by atoms with Crippen LogP contribution in [0, 0.1) is 12.8 Å². The molecule has 6 heteroatoms. The van der Waals surface area contributed by atoms with Crippen LogP contribution in [0.1, 0.15) is 64.8 Å². The molecule has 3 rings (SSSR count). The molecule has 0 spiro atoms. The van der Waals surface area contributed by atoms with E-state index in [0.29, 0.717) is 13.0 Å². The van der Waals surface area contributed by atoms with Gasteiger partial charge in [0, 0.05) is 43.2 Å². The summed E-state index contributed by atoms with van der Waals surface area (Å²) in [6, 6.07) is 5.83. The van der Waals surface area contributed by atoms with Gasteiger partial charge in [-0.15, -0.1) is 11.3 Å². The highest BCUT2D eigenvalue weighted by Gasteiger charge is 2.26. The molecule has 1 aliphatic carbocycles. The van der Waals surface area contributed by atoms with Crippen molar-refractivity contribution in [3.63, 3.8) is 0 Å². The fourth-order valence-corrected chi connectivity index (χ4v) is 4.69. The molecule has 1 saturated carbocycles. The highest BCUT2D eigenvalue weighted by atomic mass is 32.1. The molecule has 29 heavy (non-hydrogen) atoms. The van der Waals surface area contributed by atoms with Crippen LogP contribution in [-0.2, 0) is 28.9 Å². The predicted molar refractivity (Wildman–Crippen MR) is 114 cm³/mol. The van der Waals surface area contributed by atoms with E-state index in [0.717, 1.165) is 53.1 Å². The van der Waals surface area contributed by atoms with Crippen LogP contribution in [0.4, 0.5) is 0 Å². The van der Waals surface area contributed by atoms with Crippen molar-refractivity contribution < 1.29 is 14.4 Å². The summed E-state index contributed by atoms with van der Waals surface area (Å²) in [5, 5.41) is 5.46. The number of nitrogens with zero attached hydrogens (tertiary/aromatic N) is 1. The number of rotatable bonds is 9. The number of benzene rings is 1. The van der Waals surface area contributed by atoms with Gasteiger partial charge in [0.15, 0.2) is 5.78 Å². The van der Waals surface area contributed by atoms with Crippen LogP contribution in [-0.4, -0.2) is 29.0 Å². The molecule has 1 aromatic heterocycles. The summed E-state index contributed by atoms with van der Waals surface area (Å²) >= 11 is 1.47. The van der Waals surface area contributed by atoms with Gasteiger partial charge in [0.1, 0.15) is 10.8 Å². The van der Waals surface area contributed by atoms with E-state index in [-0.39, 0.29) is 36.2 Å². The SMILES string of the molecule is CC(=O)NCCc1csc(CC(=O)Cc2ccc(C)cc2C(=O)C2CCCC2)n1. The van der Waals surface area contributed by atoms with Gasteiger partial charge >= 0.3 is 0 Å². The van der Waals surface area contributed by atoms with Gasteiger partial charge in [-0.25, -0.2) is 4.98 Å². The Kier molecular flexibility index (Phi) is 7.31. The summed E-state index contributed by atoms with van der Waals surface area (Å²) in [4.78, 5) is 41.1. The maximum Gasteiger partial charge on any atom is 0.216 e. The highest BCUT2D eigenvalue weighted by molar-refractivity contribution is 7.09. The number of carbonyl (C=O) groups is 3. The minimum absolute atomic E-state index is 0.0586. The van der Waals surface area contributed by atoms with E-state index in [4.69, 9.17) is 0 Å². The molecule has 1 aromatic carbocycles. The molecule has 0 aliphatic heterocycles. The van der Waals surface area contributed by atoms with Gasteiger partial charge in [0.2, 0.25) is 5.91 Å². The number of nitrogens with one attached hydrogen (secondary N) is 1. The number of thiazole rings is 1. The maximum atomic E-state index is 13.0. The lowest BCUT2D eigenvalue weighted by molar-refractivity contribution is -0.119. The molecule has 1 heterocycles. The number of hydrogen-bond donors (Lipinski definition) is 1. The number of amides is 1. The Morgan fingerprint density at radius 3 is 2.66 bits per heavy atom. The first kappa shape index (κ1) is 21.4. The average molecular weight is 413 g/mol. The van der Waals surface area contributed by atoms with E-state index < -0.39 is 0 Å². The van der Waals surface area contributed by atoms with Gasteiger partial charge in [-0.05, 0) is 31.4 Å². The quantitative estimate of drug-likeness (QED) is 0.635. The summed E-state index contributed by atoms with van der Waals surface area (Å²) in [5.74, 6) is 0.313. The van der Waals surface area contributed by atoms with Gasteiger partial charge in [-0.3, -0.25) is 14.4 Å². The van der Waals surface area contributed by atoms with E-state index in [1.807, 2.05) is 30.5 Å². The fraction of sp³-hybridized carbons (Fsp3) is 0.478. The minimum Gasteiger partial charge on any atom is -0.356 e. The van der Waals surface area contributed by atoms with Crippen molar-refractivity contribution in [2.24, 2.45) is 5.92 Å². The third-order valence-corrected chi connectivity index (χ3v) is 6.24. The smallest absolute Gasteiger partial charge is 0.216 e. The van der Waals surface area contributed by atoms with E-state index in [9.17, 15) is 14.4 Å². The van der Waals surface area contributed by atoms with E-state index >= 15 is 0 Å². The second kappa shape index (κ2) is 9.92. The third-order valence-electron chi connectivity index (χ3n) is 5.35. The Bertz CT molecular complexity index is 897. The molecule has 154 valence electrons. The van der Waals surface area contributed by atoms with E-state index in [1.54, 1.807) is 0 Å². The summed E-state index contributed by atoms with van der Waals surface area (Å²) in [7, 11) is 0. The number of ketones is 2. The first-order valence-electron chi connectivity index (χ1n) is 10.3. The second-order valence-corrected chi connectivity index (χ2v) is 8.81. The number of aryl methyl sites for hydroxylation is 1. The maximum absolute atomic E-state index is 13.0. The van der Waals surface area contributed by atoms with Crippen molar-refractivity contribution in [3.8, 4) is 0 Å². The normalized spacial score (nSPS) is 14.1. The molecular weight excluding hydrogens is 384 g/mol. The Hall–Kier alpha value is -2.34. The molecule has 0 bridgehead atoms. The van der Waals surface area contributed by atoms with Crippen molar-refractivity contribution in [3.05, 3.63) is 51.0 Å². The molecule has 0 saturated heterocycles. The monoisotopic (exact) mass is 412 g/mol. The van der Waals surface area contributed by atoms with Gasteiger partial charge < -0.3 is 5.32 Å². The largest absolute Gasteiger partial charge is 0.356 e. The summed E-state index contributed by atoms with van der Waals surface area (Å²) < 4.78 is 0. The van der Waals surface area contributed by atoms with Crippen LogP contribution < -0.4 is 5.32 Å². The van der Waals surface area contributed by atoms with Crippen LogP contribution in [0.15, 0.2) is 23.6 Å². The Morgan fingerprint density at radius 2 is 1.93 bits per heavy atom. The molecule has 0 unspecified atom stereocenters. The minimum atomic E-state index is -0.0586. The summed E-state index contributed by atoms with van der Waals surface area (Å²) in [6.07, 6.45) is 5.34. The summed E-state index contributed by atoms with van der Waals surface area (Å²) in [5.41, 5.74) is 3.49. The molecule has 1 N–H and O–H groups in total. The molecular formula is C23H28N2O3S. The van der Waals surface area contributed by atoms with E-state index in [2.05, 4.69) is 10.3 Å². The molecule has 2 aromatic rings. The highest BCUT2D eigenvalue weighted by Crippen LogP contribution is 2.29. The first-order valence-corrected chi connectivity index (χ1v) is 11.1. The molecule has 5 nitrogen and oxygen atoms in total. The van der Waals surface area contributed by atoms with Crippen molar-refractivity contribution in [1.29, 1.82) is 0 Å². The number of Topliss-reactive ketones (excluding diaryl/α,β-unsaturated/α-hetero) is 2. The van der Waals surface area contributed by atoms with Gasteiger partial charge in [0.25, 0.3) is 0 Å². The fourth-order valence-electron chi connectivity index (χ4n) is 3.84. The van der Waals surface area contributed by atoms with Crippen LogP contribution in [0.2, 0.25) is 0 Å². The third kappa shape index (κ3) is 6.07. The number of hydrogen-bond acceptors (Lipinski definition) is 5. The topological polar surface area (TPSA) is 76.1 Å². The lowest BCUT2D eigenvalue weighted by Gasteiger charge is -2.13. The molecule has 0 atom stereocenters. The average Bonchev–Trinajstić information content (AvgIpc) is 3.34. The van der Waals surface area contributed by atoms with Gasteiger partial charge in [-0.1, -0.05) is 30.5 Å². The Balaban J connectivity index is 1.63. The van der Waals surface area contributed by atoms with Crippen molar-refractivity contribution in [2.45, 2.75) is 58.8 Å². The van der Waals surface area contributed by atoms with Crippen LogP contribution in [0.25, 0.3) is 0 Å². The Labute approximate surface area is 175 Å². The zero-order valence-electron chi connectivity index (χ0n) is 17.1. The lowest BCUT2D eigenvalue weighted by Crippen LogP contribution is -2.22. The van der Waals surface area contributed by atoms with Crippen LogP contribution in [0.3, 0.4) is 0 Å². The Morgan fingerprint density at radius 1 is 1.17 bits per heavy atom. The van der Waals surface area contributed by atoms with Gasteiger partial charge in [-0.2, -0.15) is 0 Å². The molecule has 0 radical (unpaired) electrons. The predicted octanol–water partition coefficient (Wildman–Crippen LogP) is 3.86. The summed E-state index contributed by atoms with van der Waals surface area (Å²) in [6.45, 7) is 4.01. The molecule has 1 aliphatic rings. The van der Waals surface area contributed by atoms with Crippen molar-refractivity contribution >= 4 is 28.8 Å². The standard InChI is InChI=1S/C23H28N2O3S/c1-15-7-8-18(21(11-15)23(28)17-5-3-4-6-17)12-20(27)13-22-25-19(14-29-22)9-10-24-16(2)26/h7-8,11,14,17H,3-6,9-10,12-13H2,1-2H3,(H,24,26). The number of aromatic nitrogens is 1. The van der Waals surface area contributed by atoms with Crippen molar-refractivity contribution in [2.75, 3.05) is 6.54 Å². The van der Waals surface area contributed by atoms with Crippen LogP contribution >= 0.6 is 11.3 Å². The second-order valence-electron chi connectivity index (χ2n) is 7.86. The number of carbonyl (C=O) groups excluding carboxylic acids is 3. The molecule has 1 amide bonds. The zero-order chi connectivity index (χ0) is 20.8. The first-order chi connectivity index (χ1) is 13.9. The zero-order valence-corrected chi connectivity index (χ0v) is 17.9. The van der Waals surface area contributed by atoms with Gasteiger partial charge in [0.05, 0.1) is 12.1 Å².